The maximum atomic E-state index is 13.4. The maximum absolute atomic E-state index is 13.4. The van der Waals surface area contributed by atoms with Crippen molar-refractivity contribution in [3.8, 4) is 0 Å². The average Bonchev–Trinajstić information content (AvgIpc) is 3.20. The fraction of sp³-hybridized carbons (Fsp3) is 0.320. The van der Waals surface area contributed by atoms with E-state index < -0.39 is 10.0 Å². The lowest BCUT2D eigenvalue weighted by molar-refractivity contribution is -0.120. The normalized spacial score (nSPS) is 15.6. The van der Waals surface area contributed by atoms with Crippen LogP contribution in [-0.4, -0.2) is 41.9 Å². The molecule has 1 fully saturated rings. The molecule has 0 atom stereocenters. The molecule has 1 aromatic carbocycles. The number of rotatable bonds is 6. The van der Waals surface area contributed by atoms with Crippen LogP contribution in [-0.2, 0) is 14.8 Å². The third-order valence-electron chi connectivity index (χ3n) is 5.93. The van der Waals surface area contributed by atoms with Gasteiger partial charge in [0.15, 0.2) is 10.7 Å². The Morgan fingerprint density at radius 3 is 2.44 bits per heavy atom. The summed E-state index contributed by atoms with van der Waals surface area (Å²) in [6.07, 6.45) is 5.93. The van der Waals surface area contributed by atoms with Gasteiger partial charge in [-0.2, -0.15) is 4.31 Å². The molecular weight excluding hydrogens is 452 g/mol. The van der Waals surface area contributed by atoms with Gasteiger partial charge < -0.3 is 9.84 Å². The van der Waals surface area contributed by atoms with Crippen molar-refractivity contribution in [2.24, 2.45) is 5.92 Å². The molecule has 4 rings (SSSR count). The third-order valence-corrected chi connectivity index (χ3v) is 7.98. The SMILES string of the molecule is Cc1ccc(C=Cc2onc(C)c2S(=O)(=O)N2CCC(C(=O)Nc3cc(C)ccn3)CC2)cc1. The van der Waals surface area contributed by atoms with Crippen molar-refractivity contribution in [3.63, 3.8) is 0 Å². The molecule has 34 heavy (non-hydrogen) atoms. The molecule has 178 valence electrons. The van der Waals surface area contributed by atoms with Crippen LogP contribution in [0.2, 0.25) is 0 Å². The predicted octanol–water partition coefficient (Wildman–Crippen LogP) is 4.20. The van der Waals surface area contributed by atoms with Gasteiger partial charge in [-0.1, -0.05) is 41.1 Å². The zero-order valence-electron chi connectivity index (χ0n) is 19.5. The Bertz CT molecular complexity index is 1300. The van der Waals surface area contributed by atoms with Crippen molar-refractivity contribution in [1.29, 1.82) is 0 Å². The molecule has 0 unspecified atom stereocenters. The zero-order valence-corrected chi connectivity index (χ0v) is 20.3. The molecule has 0 radical (unpaired) electrons. The Hall–Kier alpha value is -3.30. The van der Waals surface area contributed by atoms with E-state index >= 15 is 0 Å². The van der Waals surface area contributed by atoms with Crippen molar-refractivity contribution in [1.82, 2.24) is 14.4 Å². The first kappa shape index (κ1) is 23.8. The van der Waals surface area contributed by atoms with Crippen LogP contribution in [0.5, 0.6) is 0 Å². The second-order valence-corrected chi connectivity index (χ2v) is 10.5. The Balaban J connectivity index is 1.45. The molecule has 9 heteroatoms. The number of nitrogens with one attached hydrogen (secondary N) is 1. The van der Waals surface area contributed by atoms with Crippen LogP contribution in [0.25, 0.3) is 12.2 Å². The number of carbonyl (C=O) groups is 1. The largest absolute Gasteiger partial charge is 0.355 e. The second kappa shape index (κ2) is 9.90. The van der Waals surface area contributed by atoms with E-state index in [0.717, 1.165) is 16.7 Å². The van der Waals surface area contributed by atoms with Gasteiger partial charge in [0.05, 0.1) is 0 Å². The van der Waals surface area contributed by atoms with E-state index in [1.807, 2.05) is 44.2 Å². The number of aryl methyl sites for hydroxylation is 3. The van der Waals surface area contributed by atoms with Crippen LogP contribution in [0, 0.1) is 26.7 Å². The van der Waals surface area contributed by atoms with E-state index in [1.54, 1.807) is 31.3 Å². The molecule has 1 aliphatic heterocycles. The van der Waals surface area contributed by atoms with Crippen LogP contribution < -0.4 is 5.32 Å². The van der Waals surface area contributed by atoms with E-state index in [9.17, 15) is 13.2 Å². The number of hydrogen-bond donors (Lipinski definition) is 1. The van der Waals surface area contributed by atoms with Gasteiger partial charge >= 0.3 is 0 Å². The second-order valence-electron chi connectivity index (χ2n) is 8.59. The number of aromatic nitrogens is 2. The number of pyridine rings is 1. The fourth-order valence-electron chi connectivity index (χ4n) is 3.97. The summed E-state index contributed by atoms with van der Waals surface area (Å²) >= 11 is 0. The van der Waals surface area contributed by atoms with Crippen molar-refractivity contribution < 1.29 is 17.7 Å². The van der Waals surface area contributed by atoms with E-state index in [1.165, 1.54) is 4.31 Å². The number of sulfonamides is 1. The van der Waals surface area contributed by atoms with E-state index in [-0.39, 0.29) is 35.6 Å². The van der Waals surface area contributed by atoms with Crippen molar-refractivity contribution in [2.75, 3.05) is 18.4 Å². The van der Waals surface area contributed by atoms with Gasteiger partial charge in [0.2, 0.25) is 15.9 Å². The molecule has 8 nitrogen and oxygen atoms in total. The van der Waals surface area contributed by atoms with Crippen molar-refractivity contribution in [2.45, 2.75) is 38.5 Å². The zero-order chi connectivity index (χ0) is 24.3. The fourth-order valence-corrected chi connectivity index (χ4v) is 5.69. The number of hydrogen-bond acceptors (Lipinski definition) is 6. The average molecular weight is 481 g/mol. The number of piperidine rings is 1. The summed E-state index contributed by atoms with van der Waals surface area (Å²) in [6, 6.07) is 11.5. The highest BCUT2D eigenvalue weighted by molar-refractivity contribution is 7.89. The maximum Gasteiger partial charge on any atom is 0.248 e. The van der Waals surface area contributed by atoms with Crippen LogP contribution in [0.1, 0.15) is 41.0 Å². The molecule has 0 spiro atoms. The van der Waals surface area contributed by atoms with Crippen LogP contribution >= 0.6 is 0 Å². The summed E-state index contributed by atoms with van der Waals surface area (Å²) in [6.45, 7) is 6.04. The van der Waals surface area contributed by atoms with E-state index in [0.29, 0.717) is 24.4 Å². The Morgan fingerprint density at radius 1 is 1.06 bits per heavy atom. The first-order valence-electron chi connectivity index (χ1n) is 11.2. The van der Waals surface area contributed by atoms with E-state index in [2.05, 4.69) is 15.5 Å². The predicted molar refractivity (Wildman–Crippen MR) is 130 cm³/mol. The Morgan fingerprint density at radius 2 is 1.76 bits per heavy atom. The van der Waals surface area contributed by atoms with Gasteiger partial charge in [0, 0.05) is 25.2 Å². The molecule has 3 heterocycles. The first-order chi connectivity index (χ1) is 16.2. The van der Waals surface area contributed by atoms with Crippen molar-refractivity contribution >= 4 is 33.9 Å². The molecule has 2 aromatic heterocycles. The molecule has 0 bridgehead atoms. The molecule has 3 aromatic rings. The standard InChI is InChI=1S/C25H28N4O4S/c1-17-4-6-20(7-5-17)8-9-22-24(19(3)28-33-22)34(31,32)29-14-11-21(12-15-29)25(30)27-23-16-18(2)10-13-26-23/h4-10,13,16,21H,11-12,14-15H2,1-3H3,(H,26,27,30). The van der Waals surface area contributed by atoms with Gasteiger partial charge in [-0.25, -0.2) is 13.4 Å². The number of anilines is 1. The lowest BCUT2D eigenvalue weighted by Gasteiger charge is -2.30. The topological polar surface area (TPSA) is 105 Å². The number of carbonyl (C=O) groups excluding carboxylic acids is 1. The summed E-state index contributed by atoms with van der Waals surface area (Å²) in [7, 11) is -3.82. The molecule has 1 aliphatic rings. The molecule has 0 saturated carbocycles. The van der Waals surface area contributed by atoms with Gasteiger partial charge in [-0.15, -0.1) is 0 Å². The van der Waals surface area contributed by atoms with E-state index in [4.69, 9.17) is 4.52 Å². The lowest BCUT2D eigenvalue weighted by Crippen LogP contribution is -2.41. The summed E-state index contributed by atoms with van der Waals surface area (Å²) < 4.78 is 33.6. The van der Waals surface area contributed by atoms with Crippen molar-refractivity contribution in [3.05, 3.63) is 70.7 Å². The quantitative estimate of drug-likeness (QED) is 0.567. The lowest BCUT2D eigenvalue weighted by atomic mass is 9.97. The highest BCUT2D eigenvalue weighted by Crippen LogP contribution is 2.29. The Labute approximate surface area is 199 Å². The Kier molecular flexibility index (Phi) is 6.95. The first-order valence-corrected chi connectivity index (χ1v) is 12.6. The highest BCUT2D eigenvalue weighted by Gasteiger charge is 2.36. The number of amides is 1. The smallest absolute Gasteiger partial charge is 0.248 e. The van der Waals surface area contributed by atoms with Gasteiger partial charge in [-0.3, -0.25) is 4.79 Å². The molecule has 1 saturated heterocycles. The number of benzene rings is 1. The number of nitrogens with zero attached hydrogens (tertiary/aromatic N) is 3. The van der Waals surface area contributed by atoms with Gasteiger partial charge in [-0.05, 0) is 62.9 Å². The minimum absolute atomic E-state index is 0.0720. The molecular formula is C25H28N4O4S. The third kappa shape index (κ3) is 5.26. The minimum Gasteiger partial charge on any atom is -0.355 e. The molecule has 0 aliphatic carbocycles. The minimum atomic E-state index is -3.82. The summed E-state index contributed by atoms with van der Waals surface area (Å²) in [4.78, 5) is 16.9. The monoisotopic (exact) mass is 480 g/mol. The van der Waals surface area contributed by atoms with Crippen LogP contribution in [0.15, 0.2) is 52.0 Å². The molecule has 1 amide bonds. The van der Waals surface area contributed by atoms with Gasteiger partial charge in [0.25, 0.3) is 0 Å². The molecule has 1 N–H and O–H groups in total. The summed E-state index contributed by atoms with van der Waals surface area (Å²) in [5.41, 5.74) is 3.39. The highest BCUT2D eigenvalue weighted by atomic mass is 32.2. The van der Waals surface area contributed by atoms with Crippen LogP contribution in [0.4, 0.5) is 5.82 Å². The summed E-state index contributed by atoms with van der Waals surface area (Å²) in [5.74, 6) is 0.282. The summed E-state index contributed by atoms with van der Waals surface area (Å²) in [5, 5.41) is 6.73. The van der Waals surface area contributed by atoms with Gasteiger partial charge in [0.1, 0.15) is 11.5 Å². The van der Waals surface area contributed by atoms with Crippen LogP contribution in [0.3, 0.4) is 0 Å².